The monoisotopic (exact) mass is 384 g/mol. The van der Waals surface area contributed by atoms with E-state index in [-0.39, 0.29) is 11.4 Å². The summed E-state index contributed by atoms with van der Waals surface area (Å²) in [5.74, 6) is 1.19. The number of hydrogen-bond acceptors (Lipinski definition) is 4. The predicted octanol–water partition coefficient (Wildman–Crippen LogP) is 2.75. The zero-order chi connectivity index (χ0) is 20.1. The number of piperazine rings is 1. The highest BCUT2D eigenvalue weighted by atomic mass is 19.1. The van der Waals surface area contributed by atoms with Gasteiger partial charge >= 0.3 is 0 Å². The van der Waals surface area contributed by atoms with Crippen LogP contribution in [0.4, 0.5) is 15.9 Å². The minimum Gasteiger partial charge on any atom is -0.370 e. The smallest absolute Gasteiger partial charge is 0.189 e. The summed E-state index contributed by atoms with van der Waals surface area (Å²) in [6.45, 7) is 10.1. The lowest BCUT2D eigenvalue weighted by atomic mass is 10.1. The zero-order valence-corrected chi connectivity index (χ0v) is 16.8. The van der Waals surface area contributed by atoms with Crippen molar-refractivity contribution in [1.82, 2.24) is 10.3 Å². The zero-order valence-electron chi connectivity index (χ0n) is 16.8. The molecule has 150 valence electrons. The van der Waals surface area contributed by atoms with Crippen LogP contribution in [0.1, 0.15) is 26.3 Å². The van der Waals surface area contributed by atoms with E-state index in [0.717, 1.165) is 43.2 Å². The number of anilines is 2. The maximum Gasteiger partial charge on any atom is 0.189 e. The van der Waals surface area contributed by atoms with Crippen LogP contribution in [0, 0.1) is 5.82 Å². The van der Waals surface area contributed by atoms with Crippen molar-refractivity contribution in [2.24, 2.45) is 10.7 Å². The molecule has 1 aromatic heterocycles. The van der Waals surface area contributed by atoms with Gasteiger partial charge in [-0.25, -0.2) is 14.4 Å². The second-order valence-electron chi connectivity index (χ2n) is 8.05. The molecule has 3 rings (SSSR count). The summed E-state index contributed by atoms with van der Waals surface area (Å²) in [4.78, 5) is 13.5. The molecule has 0 aliphatic carbocycles. The molecule has 0 bridgehead atoms. The molecule has 1 aromatic carbocycles. The van der Waals surface area contributed by atoms with E-state index >= 15 is 0 Å². The highest BCUT2D eigenvalue weighted by Gasteiger charge is 2.18. The maximum atomic E-state index is 13.1. The molecule has 0 amide bonds. The Balaban J connectivity index is 1.59. The minimum absolute atomic E-state index is 0.110. The maximum absolute atomic E-state index is 13.1. The largest absolute Gasteiger partial charge is 0.370 e. The molecular weight excluding hydrogens is 355 g/mol. The average molecular weight is 385 g/mol. The van der Waals surface area contributed by atoms with Gasteiger partial charge in [-0.3, -0.25) is 0 Å². The van der Waals surface area contributed by atoms with Gasteiger partial charge in [-0.05, 0) is 62.7 Å². The number of hydrogen-bond donors (Lipinski definition) is 2. The van der Waals surface area contributed by atoms with E-state index in [2.05, 4.69) is 31.2 Å². The average Bonchev–Trinajstić information content (AvgIpc) is 2.66. The van der Waals surface area contributed by atoms with E-state index in [1.165, 1.54) is 12.1 Å². The van der Waals surface area contributed by atoms with E-state index in [0.29, 0.717) is 12.5 Å². The van der Waals surface area contributed by atoms with Crippen LogP contribution in [0.25, 0.3) is 0 Å². The predicted molar refractivity (Wildman–Crippen MR) is 113 cm³/mol. The van der Waals surface area contributed by atoms with Crippen LogP contribution in [0.5, 0.6) is 0 Å². The third kappa shape index (κ3) is 5.58. The molecular formula is C21H29FN6. The number of halogens is 1. The van der Waals surface area contributed by atoms with E-state index in [9.17, 15) is 4.39 Å². The SMILES string of the molecule is CC(C)(C)NC(N)=NCc1ccnc(N2CCN(c3ccc(F)cc3)CC2)c1. The van der Waals surface area contributed by atoms with Crippen LogP contribution in [-0.2, 0) is 6.54 Å². The fourth-order valence-corrected chi connectivity index (χ4v) is 3.18. The van der Waals surface area contributed by atoms with Gasteiger partial charge in [0, 0.05) is 43.6 Å². The third-order valence-electron chi connectivity index (χ3n) is 4.54. The standard InChI is InChI=1S/C21H29FN6/c1-21(2,3)26-20(23)25-15-16-8-9-24-19(14-16)28-12-10-27(11-13-28)18-6-4-17(22)5-7-18/h4-9,14H,10-13,15H2,1-3H3,(H3,23,25,26). The van der Waals surface area contributed by atoms with Crippen LogP contribution >= 0.6 is 0 Å². The van der Waals surface area contributed by atoms with E-state index in [1.807, 2.05) is 45.2 Å². The van der Waals surface area contributed by atoms with Crippen molar-refractivity contribution in [1.29, 1.82) is 0 Å². The van der Waals surface area contributed by atoms with Crippen LogP contribution < -0.4 is 20.9 Å². The van der Waals surface area contributed by atoms with Crippen molar-refractivity contribution in [2.75, 3.05) is 36.0 Å². The number of benzene rings is 1. The molecule has 0 unspecified atom stereocenters. The van der Waals surface area contributed by atoms with Crippen molar-refractivity contribution >= 4 is 17.5 Å². The Morgan fingerprint density at radius 1 is 1.11 bits per heavy atom. The quantitative estimate of drug-likeness (QED) is 0.627. The molecule has 0 saturated carbocycles. The first-order valence-corrected chi connectivity index (χ1v) is 9.59. The summed E-state index contributed by atoms with van der Waals surface area (Å²) in [5.41, 5.74) is 7.97. The van der Waals surface area contributed by atoms with Crippen molar-refractivity contribution in [3.63, 3.8) is 0 Å². The van der Waals surface area contributed by atoms with Gasteiger partial charge in [0.15, 0.2) is 5.96 Å². The van der Waals surface area contributed by atoms with Crippen molar-refractivity contribution < 1.29 is 4.39 Å². The Morgan fingerprint density at radius 2 is 1.75 bits per heavy atom. The topological polar surface area (TPSA) is 69.8 Å². The lowest BCUT2D eigenvalue weighted by molar-refractivity contribution is 0.508. The number of pyridine rings is 1. The molecule has 0 spiro atoms. The highest BCUT2D eigenvalue weighted by molar-refractivity contribution is 5.78. The summed E-state index contributed by atoms with van der Waals surface area (Å²) >= 11 is 0. The number of nitrogens with two attached hydrogens (primary N) is 1. The number of aliphatic imine (C=N–C) groups is 1. The fourth-order valence-electron chi connectivity index (χ4n) is 3.18. The first-order chi connectivity index (χ1) is 13.3. The molecule has 7 heteroatoms. The molecule has 2 heterocycles. The van der Waals surface area contributed by atoms with Crippen LogP contribution in [0.15, 0.2) is 47.6 Å². The first kappa shape index (κ1) is 19.9. The van der Waals surface area contributed by atoms with E-state index in [4.69, 9.17) is 5.73 Å². The normalized spacial score (nSPS) is 15.6. The molecule has 3 N–H and O–H groups in total. The Bertz CT molecular complexity index is 804. The molecule has 0 radical (unpaired) electrons. The Kier molecular flexibility index (Phi) is 6.02. The summed E-state index contributed by atoms with van der Waals surface area (Å²) in [7, 11) is 0. The van der Waals surface area contributed by atoms with Crippen LogP contribution in [0.2, 0.25) is 0 Å². The van der Waals surface area contributed by atoms with E-state index < -0.39 is 0 Å². The van der Waals surface area contributed by atoms with Gasteiger partial charge in [0.05, 0.1) is 6.54 Å². The van der Waals surface area contributed by atoms with Crippen molar-refractivity contribution in [2.45, 2.75) is 32.9 Å². The number of aromatic nitrogens is 1. The van der Waals surface area contributed by atoms with Gasteiger partial charge in [-0.1, -0.05) is 0 Å². The Hall–Kier alpha value is -2.83. The number of rotatable bonds is 4. The molecule has 1 fully saturated rings. The number of guanidine groups is 1. The lowest BCUT2D eigenvalue weighted by Gasteiger charge is -2.36. The summed E-state index contributed by atoms with van der Waals surface area (Å²) < 4.78 is 13.1. The van der Waals surface area contributed by atoms with Crippen LogP contribution in [-0.4, -0.2) is 42.7 Å². The summed E-state index contributed by atoms with van der Waals surface area (Å²) in [6.07, 6.45) is 1.82. The van der Waals surface area contributed by atoms with Crippen LogP contribution in [0.3, 0.4) is 0 Å². The van der Waals surface area contributed by atoms with Gasteiger partial charge < -0.3 is 20.9 Å². The molecule has 6 nitrogen and oxygen atoms in total. The summed E-state index contributed by atoms with van der Waals surface area (Å²) in [6, 6.07) is 10.7. The molecule has 1 aliphatic rings. The lowest BCUT2D eigenvalue weighted by Crippen LogP contribution is -2.46. The Labute approximate surface area is 166 Å². The molecule has 1 aliphatic heterocycles. The summed E-state index contributed by atoms with van der Waals surface area (Å²) in [5, 5.41) is 3.16. The minimum atomic E-state index is -0.204. The molecule has 0 atom stereocenters. The van der Waals surface area contributed by atoms with E-state index in [1.54, 1.807) is 0 Å². The van der Waals surface area contributed by atoms with Gasteiger partial charge in [-0.15, -0.1) is 0 Å². The molecule has 28 heavy (non-hydrogen) atoms. The van der Waals surface area contributed by atoms with Gasteiger partial charge in [0.25, 0.3) is 0 Å². The van der Waals surface area contributed by atoms with Crippen molar-refractivity contribution in [3.05, 3.63) is 54.0 Å². The Morgan fingerprint density at radius 3 is 2.39 bits per heavy atom. The molecule has 2 aromatic rings. The second-order valence-corrected chi connectivity index (χ2v) is 8.05. The van der Waals surface area contributed by atoms with Gasteiger partial charge in [0.2, 0.25) is 0 Å². The third-order valence-corrected chi connectivity index (χ3v) is 4.54. The van der Waals surface area contributed by atoms with Gasteiger partial charge in [-0.2, -0.15) is 0 Å². The number of nitrogens with zero attached hydrogens (tertiary/aromatic N) is 4. The second kappa shape index (κ2) is 8.46. The van der Waals surface area contributed by atoms with Gasteiger partial charge in [0.1, 0.15) is 11.6 Å². The first-order valence-electron chi connectivity index (χ1n) is 9.59. The number of nitrogens with one attached hydrogen (secondary N) is 1. The molecule has 1 saturated heterocycles. The fraction of sp³-hybridized carbons (Fsp3) is 0.429. The highest BCUT2D eigenvalue weighted by Crippen LogP contribution is 2.20. The van der Waals surface area contributed by atoms with Crippen molar-refractivity contribution in [3.8, 4) is 0 Å².